The van der Waals surface area contributed by atoms with E-state index in [1.165, 1.54) is 11.3 Å². The lowest BCUT2D eigenvalue weighted by atomic mass is 10.2. The third-order valence-corrected chi connectivity index (χ3v) is 3.23. The molecule has 5 nitrogen and oxygen atoms in total. The number of carbonyl (C=O) groups excluding carboxylic acids is 1. The van der Waals surface area contributed by atoms with Crippen molar-refractivity contribution in [1.82, 2.24) is 15.3 Å². The molecule has 2 heterocycles. The number of nitrogens with two attached hydrogens (primary N) is 1. The average Bonchev–Trinajstić information content (AvgIpc) is 2.82. The van der Waals surface area contributed by atoms with Gasteiger partial charge in [-0.25, -0.2) is 9.97 Å². The maximum Gasteiger partial charge on any atom is 0.255 e. The zero-order valence-corrected chi connectivity index (χ0v) is 11.1. The topological polar surface area (TPSA) is 80.9 Å². The van der Waals surface area contributed by atoms with E-state index in [4.69, 9.17) is 5.73 Å². The highest BCUT2D eigenvalue weighted by atomic mass is 79.9. The Balaban J connectivity index is 2.07. The van der Waals surface area contributed by atoms with Crippen molar-refractivity contribution in [2.75, 3.05) is 5.73 Å². The van der Waals surface area contributed by atoms with Crippen LogP contribution in [0.5, 0.6) is 0 Å². The van der Waals surface area contributed by atoms with Gasteiger partial charge in [0.1, 0.15) is 10.8 Å². The highest BCUT2D eigenvalue weighted by molar-refractivity contribution is 9.10. The summed E-state index contributed by atoms with van der Waals surface area (Å²) in [6.45, 7) is 0.391. The molecule has 0 aliphatic carbocycles. The van der Waals surface area contributed by atoms with Crippen LogP contribution in [-0.2, 0) is 6.54 Å². The number of nitrogens with zero attached hydrogens (tertiary/aromatic N) is 2. The Morgan fingerprint density at radius 2 is 2.35 bits per heavy atom. The summed E-state index contributed by atoms with van der Waals surface area (Å²) in [6.07, 6.45) is 3.24. The number of aromatic nitrogens is 2. The Morgan fingerprint density at radius 3 is 3.06 bits per heavy atom. The van der Waals surface area contributed by atoms with Gasteiger partial charge in [-0.3, -0.25) is 4.79 Å². The minimum Gasteiger partial charge on any atom is -0.383 e. The van der Waals surface area contributed by atoms with E-state index >= 15 is 0 Å². The molecule has 0 spiro atoms. The Labute approximate surface area is 110 Å². The van der Waals surface area contributed by atoms with Gasteiger partial charge in [0.25, 0.3) is 5.91 Å². The van der Waals surface area contributed by atoms with Crippen LogP contribution in [0.15, 0.2) is 28.3 Å². The lowest BCUT2D eigenvalue weighted by Crippen LogP contribution is -2.24. The van der Waals surface area contributed by atoms with E-state index in [1.807, 2.05) is 5.38 Å². The number of rotatable bonds is 3. The summed E-state index contributed by atoms with van der Waals surface area (Å²) >= 11 is 4.73. The van der Waals surface area contributed by atoms with E-state index in [-0.39, 0.29) is 11.7 Å². The molecule has 0 atom stereocenters. The van der Waals surface area contributed by atoms with Crippen molar-refractivity contribution in [2.24, 2.45) is 0 Å². The first-order valence-electron chi connectivity index (χ1n) is 4.74. The molecule has 2 rings (SSSR count). The second kappa shape index (κ2) is 5.24. The van der Waals surface area contributed by atoms with Crippen LogP contribution in [0.4, 0.5) is 5.82 Å². The average molecular weight is 313 g/mol. The fourth-order valence-corrected chi connectivity index (χ4v) is 2.11. The summed E-state index contributed by atoms with van der Waals surface area (Å²) < 4.78 is 0.714. The molecule has 0 bridgehead atoms. The molecule has 2 aromatic heterocycles. The first-order chi connectivity index (χ1) is 8.16. The highest BCUT2D eigenvalue weighted by Gasteiger charge is 2.11. The molecule has 7 heteroatoms. The quantitative estimate of drug-likeness (QED) is 0.905. The third kappa shape index (κ3) is 3.01. The number of thiazole rings is 1. The van der Waals surface area contributed by atoms with Crippen molar-refractivity contribution in [3.63, 3.8) is 0 Å². The predicted octanol–water partition coefficient (Wildman–Crippen LogP) is 1.81. The number of hydrogen-bond acceptors (Lipinski definition) is 5. The van der Waals surface area contributed by atoms with Gasteiger partial charge < -0.3 is 11.1 Å². The molecule has 0 saturated carbocycles. The van der Waals surface area contributed by atoms with Crippen LogP contribution in [0.2, 0.25) is 0 Å². The minimum atomic E-state index is -0.258. The van der Waals surface area contributed by atoms with E-state index in [9.17, 15) is 4.79 Å². The monoisotopic (exact) mass is 312 g/mol. The maximum atomic E-state index is 11.8. The smallest absolute Gasteiger partial charge is 0.255 e. The van der Waals surface area contributed by atoms with Crippen molar-refractivity contribution in [3.05, 3.63) is 38.9 Å². The number of amides is 1. The molecule has 0 aromatic carbocycles. The summed E-state index contributed by atoms with van der Waals surface area (Å²) in [5, 5.41) is 5.44. The van der Waals surface area contributed by atoms with E-state index in [0.717, 1.165) is 5.01 Å². The van der Waals surface area contributed by atoms with Gasteiger partial charge >= 0.3 is 0 Å². The number of halogens is 1. The van der Waals surface area contributed by atoms with Crippen molar-refractivity contribution in [2.45, 2.75) is 6.54 Å². The number of nitrogens with one attached hydrogen (secondary N) is 1. The normalized spacial score (nSPS) is 10.2. The van der Waals surface area contributed by atoms with Crippen LogP contribution >= 0.6 is 27.3 Å². The van der Waals surface area contributed by atoms with Crippen LogP contribution < -0.4 is 11.1 Å². The SMILES string of the molecule is Nc1ncc(Br)cc1C(=O)NCc1nccs1. The summed E-state index contributed by atoms with van der Waals surface area (Å²) in [6, 6.07) is 1.64. The molecule has 17 heavy (non-hydrogen) atoms. The van der Waals surface area contributed by atoms with Crippen molar-refractivity contribution >= 4 is 39.0 Å². The zero-order valence-electron chi connectivity index (χ0n) is 8.68. The molecular weight excluding hydrogens is 304 g/mol. The predicted molar refractivity (Wildman–Crippen MR) is 69.6 cm³/mol. The number of pyridine rings is 1. The second-order valence-electron chi connectivity index (χ2n) is 3.19. The van der Waals surface area contributed by atoms with Crippen LogP contribution in [-0.4, -0.2) is 15.9 Å². The fourth-order valence-electron chi connectivity index (χ4n) is 1.22. The summed E-state index contributed by atoms with van der Waals surface area (Å²) in [5.74, 6) is -0.0451. The molecule has 3 N–H and O–H groups in total. The first-order valence-corrected chi connectivity index (χ1v) is 6.41. The van der Waals surface area contributed by atoms with Gasteiger partial charge in [0.05, 0.1) is 12.1 Å². The molecule has 88 valence electrons. The largest absolute Gasteiger partial charge is 0.383 e. The van der Waals surface area contributed by atoms with Crippen LogP contribution in [0.25, 0.3) is 0 Å². The lowest BCUT2D eigenvalue weighted by molar-refractivity contribution is 0.0951. The summed E-state index contributed by atoms with van der Waals surface area (Å²) in [7, 11) is 0. The Morgan fingerprint density at radius 1 is 1.53 bits per heavy atom. The van der Waals surface area contributed by atoms with Gasteiger partial charge in [-0.05, 0) is 22.0 Å². The first kappa shape index (κ1) is 12.0. The highest BCUT2D eigenvalue weighted by Crippen LogP contribution is 2.15. The Kier molecular flexibility index (Phi) is 3.70. The van der Waals surface area contributed by atoms with Gasteiger partial charge in [-0.1, -0.05) is 0 Å². The van der Waals surface area contributed by atoms with Gasteiger partial charge in [-0.2, -0.15) is 0 Å². The van der Waals surface area contributed by atoms with Crippen LogP contribution in [0.1, 0.15) is 15.4 Å². The van der Waals surface area contributed by atoms with E-state index < -0.39 is 0 Å². The van der Waals surface area contributed by atoms with Crippen molar-refractivity contribution < 1.29 is 4.79 Å². The Hall–Kier alpha value is -1.47. The van der Waals surface area contributed by atoms with E-state index in [0.29, 0.717) is 16.6 Å². The standard InChI is InChI=1S/C10H9BrN4OS/c11-6-3-7(9(12)14-4-6)10(16)15-5-8-13-1-2-17-8/h1-4H,5H2,(H2,12,14)(H,15,16). The van der Waals surface area contributed by atoms with Gasteiger partial charge in [-0.15, -0.1) is 11.3 Å². The number of hydrogen-bond donors (Lipinski definition) is 2. The van der Waals surface area contributed by atoms with Crippen LogP contribution in [0.3, 0.4) is 0 Å². The third-order valence-electron chi connectivity index (χ3n) is 2.01. The number of nitrogen functional groups attached to an aromatic ring is 1. The van der Waals surface area contributed by atoms with E-state index in [1.54, 1.807) is 18.5 Å². The molecule has 1 amide bonds. The molecule has 0 aliphatic heterocycles. The second-order valence-corrected chi connectivity index (χ2v) is 5.09. The molecule has 0 aliphatic rings. The van der Waals surface area contributed by atoms with Crippen molar-refractivity contribution in [1.29, 1.82) is 0 Å². The maximum absolute atomic E-state index is 11.8. The minimum absolute atomic E-state index is 0.213. The lowest BCUT2D eigenvalue weighted by Gasteiger charge is -2.05. The number of carbonyl (C=O) groups is 1. The van der Waals surface area contributed by atoms with Gasteiger partial charge in [0.15, 0.2) is 0 Å². The van der Waals surface area contributed by atoms with Crippen molar-refractivity contribution in [3.8, 4) is 0 Å². The summed E-state index contributed by atoms with van der Waals surface area (Å²) in [4.78, 5) is 19.8. The molecule has 0 radical (unpaired) electrons. The Bertz CT molecular complexity index is 529. The van der Waals surface area contributed by atoms with Crippen LogP contribution in [0, 0.1) is 0 Å². The molecule has 0 fully saturated rings. The zero-order chi connectivity index (χ0) is 12.3. The summed E-state index contributed by atoms with van der Waals surface area (Å²) in [5.41, 5.74) is 5.99. The molecule has 0 saturated heterocycles. The van der Waals surface area contributed by atoms with Gasteiger partial charge in [0, 0.05) is 22.2 Å². The molecule has 0 unspecified atom stereocenters. The molecule has 2 aromatic rings. The van der Waals surface area contributed by atoms with E-state index in [2.05, 4.69) is 31.2 Å². The molecular formula is C10H9BrN4OS. The van der Waals surface area contributed by atoms with Gasteiger partial charge in [0.2, 0.25) is 0 Å². The fraction of sp³-hybridized carbons (Fsp3) is 0.100. The number of anilines is 1.